The van der Waals surface area contributed by atoms with Crippen molar-refractivity contribution in [1.82, 2.24) is 6.15 Å². The van der Waals surface area contributed by atoms with E-state index in [1.807, 2.05) is 13.8 Å². The van der Waals surface area contributed by atoms with Crippen molar-refractivity contribution in [2.45, 2.75) is 40.5 Å². The molecule has 0 aromatic heterocycles. The fourth-order valence-corrected chi connectivity index (χ4v) is 0.595. The third-order valence-corrected chi connectivity index (χ3v) is 1.11. The van der Waals surface area contributed by atoms with E-state index in [2.05, 4.69) is 13.8 Å². The summed E-state index contributed by atoms with van der Waals surface area (Å²) < 4.78 is 9.97. The second-order valence-corrected chi connectivity index (χ2v) is 2.39. The lowest BCUT2D eigenvalue weighted by molar-refractivity contribution is 0.135. The highest BCUT2D eigenvalue weighted by atomic mass is 16.5. The smallest absolute Gasteiger partial charge is 0.0463 e. The zero-order chi connectivity index (χ0) is 9.66. The Balaban J connectivity index is -0.000000150. The second-order valence-electron chi connectivity index (χ2n) is 2.39. The number of hydrogen-bond donors (Lipinski definition) is 1. The van der Waals surface area contributed by atoms with Gasteiger partial charge in [0.1, 0.15) is 0 Å². The summed E-state index contributed by atoms with van der Waals surface area (Å²) in [5.41, 5.74) is 0. The summed E-state index contributed by atoms with van der Waals surface area (Å²) in [6.07, 6.45) is 2.28. The van der Waals surface area contributed by atoms with E-state index in [1.54, 1.807) is 0 Å². The maximum Gasteiger partial charge on any atom is 0.0463 e. The van der Waals surface area contributed by atoms with Crippen LogP contribution in [0, 0.1) is 0 Å². The van der Waals surface area contributed by atoms with Gasteiger partial charge in [-0.15, -0.1) is 0 Å². The molecular formula is C10H27NO2. The minimum atomic E-state index is 0. The molecule has 0 saturated heterocycles. The summed E-state index contributed by atoms with van der Waals surface area (Å²) in [6, 6.07) is 0. The Hall–Kier alpha value is -0.120. The van der Waals surface area contributed by atoms with Gasteiger partial charge in [-0.05, 0) is 26.7 Å². The van der Waals surface area contributed by atoms with Gasteiger partial charge in [0.05, 0.1) is 0 Å². The van der Waals surface area contributed by atoms with Gasteiger partial charge in [-0.3, -0.25) is 0 Å². The van der Waals surface area contributed by atoms with Crippen LogP contribution in [0.1, 0.15) is 40.5 Å². The normalized spacial score (nSPS) is 8.31. The van der Waals surface area contributed by atoms with Gasteiger partial charge in [0, 0.05) is 26.4 Å². The Morgan fingerprint density at radius 1 is 0.692 bits per heavy atom. The highest BCUT2D eigenvalue weighted by Gasteiger charge is 1.77. The summed E-state index contributed by atoms with van der Waals surface area (Å²) in [6.45, 7) is 11.8. The average Bonchev–Trinajstić information content (AvgIpc) is 2.08. The van der Waals surface area contributed by atoms with Crippen molar-refractivity contribution in [3.05, 3.63) is 0 Å². The molecule has 0 aromatic carbocycles. The molecule has 84 valence electrons. The molecule has 0 rings (SSSR count). The van der Waals surface area contributed by atoms with E-state index in [0.29, 0.717) is 0 Å². The lowest BCUT2D eigenvalue weighted by Crippen LogP contribution is -1.92. The Kier molecular flexibility index (Phi) is 32.4. The molecular weight excluding hydrogens is 166 g/mol. The van der Waals surface area contributed by atoms with Crippen molar-refractivity contribution in [3.8, 4) is 0 Å². The largest absolute Gasteiger partial charge is 0.382 e. The summed E-state index contributed by atoms with van der Waals surface area (Å²) >= 11 is 0. The predicted octanol–water partition coefficient (Wildman–Crippen LogP) is 3.03. The predicted molar refractivity (Wildman–Crippen MR) is 58.6 cm³/mol. The third kappa shape index (κ3) is 33.5. The molecule has 3 nitrogen and oxygen atoms in total. The van der Waals surface area contributed by atoms with E-state index < -0.39 is 0 Å². The molecule has 0 bridgehead atoms. The summed E-state index contributed by atoms with van der Waals surface area (Å²) in [5.74, 6) is 0. The van der Waals surface area contributed by atoms with Crippen molar-refractivity contribution in [3.63, 3.8) is 0 Å². The molecule has 0 aromatic rings. The summed E-state index contributed by atoms with van der Waals surface area (Å²) in [7, 11) is 0. The van der Waals surface area contributed by atoms with Crippen molar-refractivity contribution < 1.29 is 9.47 Å². The van der Waals surface area contributed by atoms with Gasteiger partial charge in [0.2, 0.25) is 0 Å². The SMILES string of the molecule is CCCOCCC.CCOCC.N. The van der Waals surface area contributed by atoms with E-state index in [1.165, 1.54) is 0 Å². The highest BCUT2D eigenvalue weighted by Crippen LogP contribution is 1.81. The van der Waals surface area contributed by atoms with Crippen molar-refractivity contribution in [2.75, 3.05) is 26.4 Å². The topological polar surface area (TPSA) is 53.5 Å². The second kappa shape index (κ2) is 22.6. The Labute approximate surface area is 83.4 Å². The first kappa shape index (κ1) is 18.6. The van der Waals surface area contributed by atoms with Crippen LogP contribution in [0.5, 0.6) is 0 Å². The van der Waals surface area contributed by atoms with Crippen molar-refractivity contribution in [1.29, 1.82) is 0 Å². The first-order valence-electron chi connectivity index (χ1n) is 4.98. The molecule has 0 spiro atoms. The van der Waals surface area contributed by atoms with E-state index in [0.717, 1.165) is 39.3 Å². The minimum absolute atomic E-state index is 0. The maximum absolute atomic E-state index is 5.13. The molecule has 0 atom stereocenters. The molecule has 0 fully saturated rings. The number of ether oxygens (including phenoxy) is 2. The molecule has 3 N–H and O–H groups in total. The fourth-order valence-electron chi connectivity index (χ4n) is 0.595. The van der Waals surface area contributed by atoms with Crippen LogP contribution < -0.4 is 6.15 Å². The number of rotatable bonds is 6. The van der Waals surface area contributed by atoms with Gasteiger partial charge in [0.15, 0.2) is 0 Å². The quantitative estimate of drug-likeness (QED) is 0.660. The van der Waals surface area contributed by atoms with Crippen LogP contribution in [-0.2, 0) is 9.47 Å². The molecule has 0 heterocycles. The van der Waals surface area contributed by atoms with Gasteiger partial charge in [-0.25, -0.2) is 0 Å². The Morgan fingerprint density at radius 2 is 1.08 bits per heavy atom. The van der Waals surface area contributed by atoms with Crippen LogP contribution in [0.4, 0.5) is 0 Å². The van der Waals surface area contributed by atoms with E-state index in [4.69, 9.17) is 9.47 Å². The van der Waals surface area contributed by atoms with Crippen LogP contribution >= 0.6 is 0 Å². The molecule has 0 saturated carbocycles. The minimum Gasteiger partial charge on any atom is -0.382 e. The third-order valence-electron chi connectivity index (χ3n) is 1.11. The van der Waals surface area contributed by atoms with Crippen LogP contribution in [0.2, 0.25) is 0 Å². The lowest BCUT2D eigenvalue weighted by atomic mass is 10.5. The first-order valence-corrected chi connectivity index (χ1v) is 4.98. The molecule has 13 heavy (non-hydrogen) atoms. The molecule has 0 unspecified atom stereocenters. The monoisotopic (exact) mass is 193 g/mol. The van der Waals surface area contributed by atoms with Gasteiger partial charge in [-0.1, -0.05) is 13.8 Å². The van der Waals surface area contributed by atoms with Gasteiger partial charge in [0.25, 0.3) is 0 Å². The summed E-state index contributed by atoms with van der Waals surface area (Å²) in [4.78, 5) is 0. The van der Waals surface area contributed by atoms with Crippen LogP contribution in [0.15, 0.2) is 0 Å². The van der Waals surface area contributed by atoms with Gasteiger partial charge >= 0.3 is 0 Å². The van der Waals surface area contributed by atoms with Crippen LogP contribution in [0.3, 0.4) is 0 Å². The Morgan fingerprint density at radius 3 is 1.23 bits per heavy atom. The van der Waals surface area contributed by atoms with Crippen molar-refractivity contribution >= 4 is 0 Å². The summed E-state index contributed by atoms with van der Waals surface area (Å²) in [5, 5.41) is 0. The molecule has 0 aliphatic carbocycles. The Bertz CT molecular complexity index is 54.9. The molecule has 0 amide bonds. The van der Waals surface area contributed by atoms with E-state index in [-0.39, 0.29) is 6.15 Å². The van der Waals surface area contributed by atoms with Crippen LogP contribution in [0.25, 0.3) is 0 Å². The molecule has 3 heteroatoms. The molecule has 0 radical (unpaired) electrons. The highest BCUT2D eigenvalue weighted by molar-refractivity contribution is 4.25. The first-order chi connectivity index (χ1) is 5.83. The van der Waals surface area contributed by atoms with Gasteiger partial charge in [-0.2, -0.15) is 0 Å². The lowest BCUT2D eigenvalue weighted by Gasteiger charge is -1.95. The van der Waals surface area contributed by atoms with Crippen molar-refractivity contribution in [2.24, 2.45) is 0 Å². The van der Waals surface area contributed by atoms with E-state index in [9.17, 15) is 0 Å². The molecule has 0 aliphatic heterocycles. The zero-order valence-corrected chi connectivity index (χ0v) is 9.77. The maximum atomic E-state index is 5.13. The van der Waals surface area contributed by atoms with Gasteiger partial charge < -0.3 is 15.6 Å². The molecule has 0 aliphatic rings. The average molecular weight is 193 g/mol. The zero-order valence-electron chi connectivity index (χ0n) is 9.77. The van der Waals surface area contributed by atoms with Crippen LogP contribution in [-0.4, -0.2) is 26.4 Å². The number of hydrogen-bond acceptors (Lipinski definition) is 3. The standard InChI is InChI=1S/C6H14O.C4H10O.H3N/c1-3-5-7-6-4-2;1-3-5-4-2;/h3-6H2,1-2H3;3-4H2,1-2H3;1H3. The van der Waals surface area contributed by atoms with E-state index >= 15 is 0 Å². The fraction of sp³-hybridized carbons (Fsp3) is 1.00.